The van der Waals surface area contributed by atoms with E-state index in [9.17, 15) is 14.0 Å². The maximum absolute atomic E-state index is 17.4. The lowest BCUT2D eigenvalue weighted by atomic mass is 9.95. The smallest absolute Gasteiger partial charge is 0.413 e. The number of ether oxygens (including phenoxy) is 5. The van der Waals surface area contributed by atoms with E-state index in [0.29, 0.717) is 75.1 Å². The van der Waals surface area contributed by atoms with E-state index in [4.69, 9.17) is 35.1 Å². The first kappa shape index (κ1) is 41.3. The van der Waals surface area contributed by atoms with Gasteiger partial charge in [0.25, 0.3) is 0 Å². The largest absolute Gasteiger partial charge is 0.468 e. The zero-order valence-electron chi connectivity index (χ0n) is 34.1. The van der Waals surface area contributed by atoms with Crippen LogP contribution in [0.5, 0.6) is 11.8 Å². The minimum atomic E-state index is -0.992. The molecule has 318 valence electrons. The number of esters is 1. The van der Waals surface area contributed by atoms with Crippen LogP contribution < -0.4 is 14.4 Å². The molecule has 4 aliphatic heterocycles. The molecule has 5 atom stereocenters. The highest BCUT2D eigenvalue weighted by Gasteiger charge is 2.50. The lowest BCUT2D eigenvalue weighted by Crippen LogP contribution is -2.56. The highest BCUT2D eigenvalue weighted by molar-refractivity contribution is 6.03. The minimum Gasteiger partial charge on any atom is -0.468 e. The van der Waals surface area contributed by atoms with Gasteiger partial charge in [0.2, 0.25) is 6.29 Å². The van der Waals surface area contributed by atoms with E-state index in [2.05, 4.69) is 20.8 Å². The second-order valence-electron chi connectivity index (χ2n) is 16.1. The van der Waals surface area contributed by atoms with Gasteiger partial charge in [0.15, 0.2) is 12.6 Å². The first-order valence-electron chi connectivity index (χ1n) is 20.7. The number of alkyl halides is 1. The fourth-order valence-corrected chi connectivity index (χ4v) is 9.45. The summed E-state index contributed by atoms with van der Waals surface area (Å²) in [5.74, 6) is 1.18. The molecule has 0 aliphatic carbocycles. The van der Waals surface area contributed by atoms with Gasteiger partial charge in [0, 0.05) is 63.2 Å². The molecule has 3 unspecified atom stereocenters. The summed E-state index contributed by atoms with van der Waals surface area (Å²) < 4.78 is 75.8. The summed E-state index contributed by atoms with van der Waals surface area (Å²) in [6.07, 6.45) is 9.93. The highest BCUT2D eigenvalue weighted by atomic mass is 19.1. The van der Waals surface area contributed by atoms with Gasteiger partial charge in [-0.1, -0.05) is 25.8 Å². The first-order valence-corrected chi connectivity index (χ1v) is 20.7. The average molecular weight is 831 g/mol. The van der Waals surface area contributed by atoms with E-state index in [0.717, 1.165) is 19.4 Å². The number of hydrogen-bond acceptors (Lipinski definition) is 12. The molecule has 8 rings (SSSR count). The fraction of sp³-hybridized carbons (Fsp3) is 0.523. The lowest BCUT2D eigenvalue weighted by molar-refractivity contribution is -0.170. The van der Waals surface area contributed by atoms with Crippen LogP contribution in [-0.4, -0.2) is 114 Å². The minimum absolute atomic E-state index is 0.0652. The number of pyridine rings is 1. The summed E-state index contributed by atoms with van der Waals surface area (Å²) in [6.45, 7) is 5.54. The number of fused-ring (bicyclic) bond motifs is 5. The first-order chi connectivity index (χ1) is 29.1. The Bertz CT molecular complexity index is 2310. The number of halogens is 3. The van der Waals surface area contributed by atoms with E-state index in [1.807, 2.05) is 18.7 Å². The van der Waals surface area contributed by atoms with E-state index >= 15 is 8.78 Å². The molecule has 4 fully saturated rings. The van der Waals surface area contributed by atoms with Gasteiger partial charge >= 0.3 is 18.1 Å². The molecule has 4 saturated heterocycles. The SMILES string of the molecule is C#Cc1c(F)ccc2cc(OCOC)cc(-c3ncc4c(N5CC6CCC(C5)N6C(=O)OC(CCC)OC(=O)CCC)nc(OC[C@@]56CCCN5C[C@H](F)C6)nc4c3F)c12. The number of piperazine rings is 1. The van der Waals surface area contributed by atoms with Crippen molar-refractivity contribution in [1.29, 1.82) is 0 Å². The molecular weight excluding hydrogens is 782 g/mol. The van der Waals surface area contributed by atoms with Crippen molar-refractivity contribution in [2.24, 2.45) is 0 Å². The molecule has 2 aromatic heterocycles. The Morgan fingerprint density at radius 1 is 1.05 bits per heavy atom. The predicted octanol–water partition coefficient (Wildman–Crippen LogP) is 7.30. The number of carbonyl (C=O) groups is 2. The van der Waals surface area contributed by atoms with E-state index in [1.54, 1.807) is 11.0 Å². The van der Waals surface area contributed by atoms with Crippen molar-refractivity contribution in [1.82, 2.24) is 24.8 Å². The maximum Gasteiger partial charge on any atom is 0.413 e. The van der Waals surface area contributed by atoms with Crippen LogP contribution in [0.3, 0.4) is 0 Å². The highest BCUT2D eigenvalue weighted by Crippen LogP contribution is 2.43. The Morgan fingerprint density at radius 2 is 1.85 bits per heavy atom. The van der Waals surface area contributed by atoms with Crippen LogP contribution >= 0.6 is 0 Å². The van der Waals surface area contributed by atoms with Crippen molar-refractivity contribution >= 4 is 39.6 Å². The summed E-state index contributed by atoms with van der Waals surface area (Å²) in [7, 11) is 1.47. The van der Waals surface area contributed by atoms with Crippen LogP contribution in [0.4, 0.5) is 23.8 Å². The Balaban J connectivity index is 1.18. The average Bonchev–Trinajstić information content (AvgIpc) is 3.85. The molecule has 2 bridgehead atoms. The normalized spacial score (nSPS) is 22.9. The molecule has 1 amide bonds. The standard InChI is InChI=1S/C44H49F3N6O7/c1-5-9-35(54)59-36(10-6-2)60-43(55)53-28-12-13-29(53)23-51(22-28)41-33-20-48-39(32-18-30(58-25-56-4)17-26-11-14-34(46)31(7-3)37(26)32)38(47)40(33)49-42(50-41)57-24-44-15-8-16-52(44)21-27(45)19-44/h3,11,14,17-18,20,27-29,36H,5-6,8-10,12-13,15-16,19,21-25H2,1-2,4H3/t27-,28?,29?,36?,44+/m1/s1. The molecule has 4 aliphatic rings. The van der Waals surface area contributed by atoms with E-state index in [1.165, 1.54) is 31.5 Å². The zero-order valence-corrected chi connectivity index (χ0v) is 34.1. The van der Waals surface area contributed by atoms with Crippen LogP contribution in [0.15, 0.2) is 30.5 Å². The van der Waals surface area contributed by atoms with Crippen molar-refractivity contribution in [2.75, 3.05) is 51.6 Å². The third-order valence-electron chi connectivity index (χ3n) is 12.1. The van der Waals surface area contributed by atoms with Crippen LogP contribution in [0.25, 0.3) is 32.9 Å². The molecule has 60 heavy (non-hydrogen) atoms. The van der Waals surface area contributed by atoms with Gasteiger partial charge in [0.05, 0.1) is 28.6 Å². The number of methoxy groups -OCH3 is 1. The predicted molar refractivity (Wildman–Crippen MR) is 216 cm³/mol. The zero-order chi connectivity index (χ0) is 42.1. The van der Waals surface area contributed by atoms with Gasteiger partial charge in [-0.2, -0.15) is 9.97 Å². The van der Waals surface area contributed by atoms with Crippen molar-refractivity contribution in [3.63, 3.8) is 0 Å². The Kier molecular flexibility index (Phi) is 11.9. The van der Waals surface area contributed by atoms with Gasteiger partial charge in [-0.25, -0.2) is 18.0 Å². The lowest BCUT2D eigenvalue weighted by Gasteiger charge is -2.41. The molecular formula is C44H49F3N6O7. The summed E-state index contributed by atoms with van der Waals surface area (Å²) in [6, 6.07) is 5.29. The monoisotopic (exact) mass is 830 g/mol. The Hall–Kier alpha value is -5.40. The summed E-state index contributed by atoms with van der Waals surface area (Å²) in [5.41, 5.74) is -0.664. The third kappa shape index (κ3) is 7.85. The number of terminal acetylenes is 1. The molecule has 4 aromatic rings. The quantitative estimate of drug-likeness (QED) is 0.0719. The summed E-state index contributed by atoms with van der Waals surface area (Å²) in [4.78, 5) is 45.9. The molecule has 6 heterocycles. The number of benzene rings is 2. The van der Waals surface area contributed by atoms with Gasteiger partial charge < -0.3 is 28.6 Å². The van der Waals surface area contributed by atoms with Crippen LogP contribution in [0.1, 0.15) is 77.2 Å². The van der Waals surface area contributed by atoms with Gasteiger partial charge in [-0.3, -0.25) is 19.6 Å². The van der Waals surface area contributed by atoms with Gasteiger partial charge in [0.1, 0.15) is 41.4 Å². The number of amides is 1. The molecule has 0 radical (unpaired) electrons. The van der Waals surface area contributed by atoms with Crippen molar-refractivity contribution in [2.45, 2.75) is 102 Å². The number of carbonyl (C=O) groups excluding carboxylic acids is 2. The van der Waals surface area contributed by atoms with Crippen molar-refractivity contribution in [3.8, 4) is 35.4 Å². The molecule has 0 N–H and O–H groups in total. The van der Waals surface area contributed by atoms with E-state index < -0.39 is 41.7 Å². The fourth-order valence-electron chi connectivity index (χ4n) is 9.45. The maximum atomic E-state index is 17.4. The number of nitrogens with zero attached hydrogens (tertiary/aromatic N) is 6. The molecule has 0 spiro atoms. The third-order valence-corrected chi connectivity index (χ3v) is 12.1. The molecule has 13 nitrogen and oxygen atoms in total. The molecule has 16 heteroatoms. The number of hydrogen-bond donors (Lipinski definition) is 0. The summed E-state index contributed by atoms with van der Waals surface area (Å²) in [5, 5.41) is 1.05. The Morgan fingerprint density at radius 3 is 2.58 bits per heavy atom. The number of aromatic nitrogens is 3. The molecule has 2 aromatic carbocycles. The van der Waals surface area contributed by atoms with Crippen LogP contribution in [-0.2, 0) is 19.0 Å². The summed E-state index contributed by atoms with van der Waals surface area (Å²) >= 11 is 0. The second-order valence-corrected chi connectivity index (χ2v) is 16.1. The number of anilines is 1. The van der Waals surface area contributed by atoms with Crippen LogP contribution in [0.2, 0.25) is 0 Å². The molecule has 0 saturated carbocycles. The topological polar surface area (TPSA) is 129 Å². The van der Waals surface area contributed by atoms with E-state index in [-0.39, 0.29) is 71.0 Å². The van der Waals surface area contributed by atoms with Crippen LogP contribution in [0, 0.1) is 24.0 Å². The Labute approximate surface area is 346 Å². The van der Waals surface area contributed by atoms with Gasteiger partial charge in [-0.15, -0.1) is 6.42 Å². The van der Waals surface area contributed by atoms with Gasteiger partial charge in [-0.05, 0) is 68.7 Å². The van der Waals surface area contributed by atoms with Crippen molar-refractivity contribution in [3.05, 3.63) is 47.7 Å². The second kappa shape index (κ2) is 17.3. The number of rotatable bonds is 14. The van der Waals surface area contributed by atoms with Crippen molar-refractivity contribution < 1.29 is 46.4 Å².